The number of nitrogens with one attached hydrogen (secondary N) is 1. The number of amides is 1. The van der Waals surface area contributed by atoms with Gasteiger partial charge in [-0.15, -0.1) is 0 Å². The van der Waals surface area contributed by atoms with Gasteiger partial charge in [-0.2, -0.15) is 0 Å². The number of ether oxygens (including phenoxy) is 1. The van der Waals surface area contributed by atoms with E-state index in [4.69, 9.17) is 4.74 Å². The normalized spacial score (nSPS) is 26.3. The molecule has 1 amide bonds. The maximum atomic E-state index is 13.3. The summed E-state index contributed by atoms with van der Waals surface area (Å²) in [5, 5.41) is 3.60. The molecule has 6 nitrogen and oxygen atoms in total. The van der Waals surface area contributed by atoms with Crippen LogP contribution < -0.4 is 5.32 Å². The fraction of sp³-hybridized carbons (Fsp3) is 0.636. The number of rotatable bonds is 4. The maximum Gasteiger partial charge on any atom is 0.410 e. The van der Waals surface area contributed by atoms with Crippen LogP contribution in [0.3, 0.4) is 0 Å². The molecule has 2 atom stereocenters. The molecular formula is C33H47N3O3. The highest BCUT2D eigenvalue weighted by Crippen LogP contribution is 2.52. The molecule has 1 saturated carbocycles. The highest BCUT2D eigenvalue weighted by atomic mass is 16.6. The van der Waals surface area contributed by atoms with Crippen molar-refractivity contribution in [1.82, 2.24) is 15.1 Å². The van der Waals surface area contributed by atoms with Gasteiger partial charge in [0.15, 0.2) is 5.78 Å². The zero-order valence-electron chi connectivity index (χ0n) is 24.8. The summed E-state index contributed by atoms with van der Waals surface area (Å²) in [6, 6.07) is 9.31. The largest absolute Gasteiger partial charge is 0.444 e. The van der Waals surface area contributed by atoms with E-state index >= 15 is 0 Å². The minimum absolute atomic E-state index is 0.124. The number of carbonyl (C=O) groups is 2. The summed E-state index contributed by atoms with van der Waals surface area (Å²) >= 11 is 0. The number of hydrogen-bond donors (Lipinski definition) is 1. The monoisotopic (exact) mass is 533 g/mol. The number of likely N-dealkylation sites (tertiary alicyclic amines) is 1. The van der Waals surface area contributed by atoms with Gasteiger partial charge in [-0.1, -0.05) is 51.1 Å². The molecule has 2 heterocycles. The lowest BCUT2D eigenvalue weighted by Crippen LogP contribution is -2.62. The SMILES string of the molecule is CC1C(=O)C=C(C2CNCCN2C2CC3(CCN(C(=O)OC(C)(C)C)CC3)C2)C=C1c1ccccc1C(C)C. The second kappa shape index (κ2) is 10.9. The van der Waals surface area contributed by atoms with Gasteiger partial charge >= 0.3 is 6.09 Å². The van der Waals surface area contributed by atoms with Gasteiger partial charge in [0.1, 0.15) is 5.60 Å². The molecule has 6 heteroatoms. The number of benzene rings is 1. The van der Waals surface area contributed by atoms with Crippen LogP contribution in [0.1, 0.15) is 84.3 Å². The first-order valence-electron chi connectivity index (χ1n) is 15.0. The molecule has 1 N–H and O–H groups in total. The Morgan fingerprint density at radius 2 is 1.77 bits per heavy atom. The Labute approximate surface area is 234 Å². The maximum absolute atomic E-state index is 13.3. The summed E-state index contributed by atoms with van der Waals surface area (Å²) in [7, 11) is 0. The first kappa shape index (κ1) is 28.1. The van der Waals surface area contributed by atoms with E-state index in [1.54, 1.807) is 0 Å². The average Bonchev–Trinajstić information content (AvgIpc) is 2.88. The number of allylic oxidation sites excluding steroid dienone is 2. The van der Waals surface area contributed by atoms with Crippen LogP contribution in [0.4, 0.5) is 4.79 Å². The van der Waals surface area contributed by atoms with E-state index in [2.05, 4.69) is 61.3 Å². The van der Waals surface area contributed by atoms with Gasteiger partial charge in [-0.25, -0.2) is 4.79 Å². The summed E-state index contributed by atoms with van der Waals surface area (Å²) < 4.78 is 5.60. The quantitative estimate of drug-likeness (QED) is 0.531. The minimum atomic E-state index is -0.455. The minimum Gasteiger partial charge on any atom is -0.444 e. The van der Waals surface area contributed by atoms with E-state index in [0.717, 1.165) is 56.7 Å². The van der Waals surface area contributed by atoms with Crippen molar-refractivity contribution in [3.8, 4) is 0 Å². The van der Waals surface area contributed by atoms with E-state index in [-0.39, 0.29) is 23.8 Å². The van der Waals surface area contributed by atoms with Crippen molar-refractivity contribution in [3.05, 3.63) is 53.1 Å². The van der Waals surface area contributed by atoms with Crippen LogP contribution >= 0.6 is 0 Å². The molecule has 0 radical (unpaired) electrons. The second-order valence-corrected chi connectivity index (χ2v) is 13.6. The predicted octanol–water partition coefficient (Wildman–Crippen LogP) is 5.79. The molecule has 2 saturated heterocycles. The fourth-order valence-electron chi connectivity index (χ4n) is 7.09. The molecule has 3 fully saturated rings. The van der Waals surface area contributed by atoms with Crippen molar-refractivity contribution in [2.75, 3.05) is 32.7 Å². The second-order valence-electron chi connectivity index (χ2n) is 13.6. The summed E-state index contributed by atoms with van der Waals surface area (Å²) in [6.45, 7) is 16.7. The molecule has 39 heavy (non-hydrogen) atoms. The van der Waals surface area contributed by atoms with Crippen LogP contribution in [-0.2, 0) is 9.53 Å². The molecular weight excluding hydrogens is 486 g/mol. The van der Waals surface area contributed by atoms with Crippen LogP contribution in [0.25, 0.3) is 5.57 Å². The molecule has 1 aromatic rings. The third kappa shape index (κ3) is 5.88. The number of nitrogens with zero attached hydrogens (tertiary/aromatic N) is 2. The number of hydrogen-bond acceptors (Lipinski definition) is 5. The zero-order chi connectivity index (χ0) is 27.9. The Bertz CT molecular complexity index is 1140. The Kier molecular flexibility index (Phi) is 7.82. The Hall–Kier alpha value is -2.44. The number of piperidine rings is 1. The van der Waals surface area contributed by atoms with E-state index in [0.29, 0.717) is 17.4 Å². The zero-order valence-corrected chi connectivity index (χ0v) is 24.8. The van der Waals surface area contributed by atoms with Crippen molar-refractivity contribution in [2.45, 2.75) is 90.8 Å². The van der Waals surface area contributed by atoms with Crippen LogP contribution in [0, 0.1) is 11.3 Å². The molecule has 2 aliphatic heterocycles. The van der Waals surface area contributed by atoms with Gasteiger partial charge in [0.25, 0.3) is 0 Å². The summed E-state index contributed by atoms with van der Waals surface area (Å²) in [5.41, 5.74) is 4.71. The molecule has 1 aromatic carbocycles. The highest BCUT2D eigenvalue weighted by Gasteiger charge is 2.50. The van der Waals surface area contributed by atoms with E-state index in [1.807, 2.05) is 31.7 Å². The Balaban J connectivity index is 1.29. The molecule has 2 aliphatic carbocycles. The number of piperazine rings is 1. The standard InChI is InChI=1S/C33H47N3O3/c1-22(2)26-9-7-8-10-27(26)28-17-24(18-30(37)23(28)3)29-21-34-13-16-36(29)25-19-33(20-25)11-14-35(15-12-33)31(38)39-32(4,5)6/h7-10,17-18,22-23,25,29,34H,11-16,19-21H2,1-6H3. The summed E-state index contributed by atoms with van der Waals surface area (Å²) in [4.78, 5) is 30.4. The smallest absolute Gasteiger partial charge is 0.410 e. The van der Waals surface area contributed by atoms with Gasteiger partial charge in [-0.05, 0) is 86.1 Å². The van der Waals surface area contributed by atoms with Gasteiger partial charge in [0.05, 0.1) is 0 Å². The molecule has 2 unspecified atom stereocenters. The van der Waals surface area contributed by atoms with E-state index < -0.39 is 5.60 Å². The van der Waals surface area contributed by atoms with E-state index in [1.165, 1.54) is 24.0 Å². The third-order valence-corrected chi connectivity index (χ3v) is 9.37. The van der Waals surface area contributed by atoms with Crippen molar-refractivity contribution >= 4 is 17.4 Å². The van der Waals surface area contributed by atoms with Crippen LogP contribution in [0.2, 0.25) is 0 Å². The number of carbonyl (C=O) groups excluding carboxylic acids is 2. The van der Waals surface area contributed by atoms with Crippen molar-refractivity contribution in [1.29, 1.82) is 0 Å². The molecule has 5 rings (SSSR count). The van der Waals surface area contributed by atoms with Crippen LogP contribution in [-0.4, -0.2) is 72.1 Å². The first-order chi connectivity index (χ1) is 18.5. The Morgan fingerprint density at radius 3 is 2.44 bits per heavy atom. The fourth-order valence-corrected chi connectivity index (χ4v) is 7.09. The van der Waals surface area contributed by atoms with Crippen molar-refractivity contribution in [2.24, 2.45) is 11.3 Å². The van der Waals surface area contributed by atoms with Gasteiger partial charge < -0.3 is 15.0 Å². The predicted molar refractivity (Wildman–Crippen MR) is 157 cm³/mol. The number of ketones is 1. The summed E-state index contributed by atoms with van der Waals surface area (Å²) in [6.07, 6.45) is 8.52. The highest BCUT2D eigenvalue weighted by molar-refractivity contribution is 6.04. The van der Waals surface area contributed by atoms with E-state index in [9.17, 15) is 9.59 Å². The molecule has 0 bridgehead atoms. The average molecular weight is 534 g/mol. The molecule has 0 aromatic heterocycles. The topological polar surface area (TPSA) is 61.9 Å². The van der Waals surface area contributed by atoms with Crippen molar-refractivity contribution in [3.63, 3.8) is 0 Å². The van der Waals surface area contributed by atoms with Crippen molar-refractivity contribution < 1.29 is 14.3 Å². The van der Waals surface area contributed by atoms with Gasteiger partial charge in [0, 0.05) is 50.7 Å². The van der Waals surface area contributed by atoms with Gasteiger partial charge in [0.2, 0.25) is 0 Å². The molecule has 212 valence electrons. The lowest BCUT2D eigenvalue weighted by atomic mass is 9.59. The van der Waals surface area contributed by atoms with Crippen LogP contribution in [0.15, 0.2) is 42.0 Å². The van der Waals surface area contributed by atoms with Crippen LogP contribution in [0.5, 0.6) is 0 Å². The Morgan fingerprint density at radius 1 is 1.08 bits per heavy atom. The summed E-state index contributed by atoms with van der Waals surface area (Å²) in [5.74, 6) is 0.492. The lowest BCUT2D eigenvalue weighted by Gasteiger charge is -2.57. The molecule has 4 aliphatic rings. The first-order valence-corrected chi connectivity index (χ1v) is 15.0. The third-order valence-electron chi connectivity index (χ3n) is 9.37. The molecule has 1 spiro atoms. The van der Waals surface area contributed by atoms with Gasteiger partial charge in [-0.3, -0.25) is 9.69 Å². The lowest BCUT2D eigenvalue weighted by molar-refractivity contribution is -0.116.